The highest BCUT2D eigenvalue weighted by Crippen LogP contribution is 2.37. The Bertz CT molecular complexity index is 470. The minimum atomic E-state index is -0.212. The lowest BCUT2D eigenvalue weighted by Gasteiger charge is -2.38. The van der Waals surface area contributed by atoms with Crippen LogP contribution in [0, 0.1) is 11.7 Å². The van der Waals surface area contributed by atoms with Crippen LogP contribution in [0.4, 0.5) is 4.39 Å². The van der Waals surface area contributed by atoms with Crippen molar-refractivity contribution >= 4 is 0 Å². The Labute approximate surface area is 133 Å². The van der Waals surface area contributed by atoms with Gasteiger partial charge in [-0.05, 0) is 77.4 Å². The van der Waals surface area contributed by atoms with Crippen molar-refractivity contribution < 1.29 is 9.13 Å². The summed E-state index contributed by atoms with van der Waals surface area (Å²) in [7, 11) is 0. The molecule has 22 heavy (non-hydrogen) atoms. The number of rotatable bonds is 6. The SMILES string of the molecule is CCOc1ccc(F)cc1C(CN)C1CCN(C(C)C)CC1. The summed E-state index contributed by atoms with van der Waals surface area (Å²) in [5.74, 6) is 1.25. The summed E-state index contributed by atoms with van der Waals surface area (Å²) in [6.07, 6.45) is 2.23. The summed E-state index contributed by atoms with van der Waals surface area (Å²) < 4.78 is 19.4. The third-order valence-electron chi connectivity index (χ3n) is 4.80. The molecule has 1 fully saturated rings. The highest BCUT2D eigenvalue weighted by Gasteiger charge is 2.29. The van der Waals surface area contributed by atoms with Crippen LogP contribution in [-0.4, -0.2) is 37.2 Å². The van der Waals surface area contributed by atoms with Crippen LogP contribution in [0.1, 0.15) is 45.1 Å². The number of likely N-dealkylation sites (tertiary alicyclic amines) is 1. The quantitative estimate of drug-likeness (QED) is 0.875. The van der Waals surface area contributed by atoms with Crippen LogP contribution >= 0.6 is 0 Å². The molecule has 2 N–H and O–H groups in total. The van der Waals surface area contributed by atoms with E-state index in [0.717, 1.165) is 37.2 Å². The maximum Gasteiger partial charge on any atom is 0.123 e. The van der Waals surface area contributed by atoms with Crippen molar-refractivity contribution in [3.8, 4) is 5.75 Å². The molecule has 0 saturated carbocycles. The van der Waals surface area contributed by atoms with Gasteiger partial charge < -0.3 is 15.4 Å². The molecule has 1 saturated heterocycles. The standard InChI is InChI=1S/C18H29FN2O/c1-4-22-18-6-5-15(19)11-16(18)17(12-20)14-7-9-21(10-8-14)13(2)3/h5-6,11,13-14,17H,4,7-10,12,20H2,1-3H3. The average Bonchev–Trinajstić information content (AvgIpc) is 2.51. The van der Waals surface area contributed by atoms with Gasteiger partial charge in [0.1, 0.15) is 11.6 Å². The largest absolute Gasteiger partial charge is 0.494 e. The number of ether oxygens (including phenoxy) is 1. The molecule has 0 spiro atoms. The van der Waals surface area contributed by atoms with E-state index in [0.29, 0.717) is 25.1 Å². The predicted octanol–water partition coefficient (Wildman–Crippen LogP) is 3.39. The summed E-state index contributed by atoms with van der Waals surface area (Å²) >= 11 is 0. The van der Waals surface area contributed by atoms with Gasteiger partial charge in [-0.15, -0.1) is 0 Å². The van der Waals surface area contributed by atoms with Crippen LogP contribution < -0.4 is 10.5 Å². The lowest BCUT2D eigenvalue weighted by Crippen LogP contribution is -2.40. The molecular weight excluding hydrogens is 279 g/mol. The second-order valence-electron chi connectivity index (χ2n) is 6.42. The van der Waals surface area contributed by atoms with Crippen LogP contribution in [0.25, 0.3) is 0 Å². The van der Waals surface area contributed by atoms with Gasteiger partial charge >= 0.3 is 0 Å². The van der Waals surface area contributed by atoms with Gasteiger partial charge in [0.25, 0.3) is 0 Å². The molecule has 1 aliphatic rings. The Kier molecular flexibility index (Phi) is 6.21. The second kappa shape index (κ2) is 7.93. The second-order valence-corrected chi connectivity index (χ2v) is 6.42. The third-order valence-corrected chi connectivity index (χ3v) is 4.80. The van der Waals surface area contributed by atoms with Gasteiger partial charge in [0, 0.05) is 17.5 Å². The van der Waals surface area contributed by atoms with Gasteiger partial charge in [-0.1, -0.05) is 0 Å². The van der Waals surface area contributed by atoms with Crippen LogP contribution in [0.2, 0.25) is 0 Å². The summed E-state index contributed by atoms with van der Waals surface area (Å²) in [4.78, 5) is 2.50. The van der Waals surface area contributed by atoms with Gasteiger partial charge in [0.2, 0.25) is 0 Å². The molecule has 124 valence electrons. The fraction of sp³-hybridized carbons (Fsp3) is 0.667. The molecule has 1 aromatic rings. The molecule has 1 aromatic carbocycles. The Morgan fingerprint density at radius 1 is 1.32 bits per heavy atom. The van der Waals surface area contributed by atoms with E-state index >= 15 is 0 Å². The van der Waals surface area contributed by atoms with Crippen molar-refractivity contribution in [1.29, 1.82) is 0 Å². The Morgan fingerprint density at radius 2 is 2.00 bits per heavy atom. The van der Waals surface area contributed by atoms with Crippen molar-refractivity contribution in [1.82, 2.24) is 4.90 Å². The zero-order valence-electron chi connectivity index (χ0n) is 14.0. The lowest BCUT2D eigenvalue weighted by molar-refractivity contribution is 0.137. The van der Waals surface area contributed by atoms with Crippen molar-refractivity contribution in [3.63, 3.8) is 0 Å². The van der Waals surface area contributed by atoms with E-state index in [1.54, 1.807) is 12.1 Å². The first-order chi connectivity index (χ1) is 10.6. The first-order valence-corrected chi connectivity index (χ1v) is 8.43. The fourth-order valence-electron chi connectivity index (χ4n) is 3.51. The molecule has 0 radical (unpaired) electrons. The van der Waals surface area contributed by atoms with Crippen LogP contribution in [-0.2, 0) is 0 Å². The molecule has 1 heterocycles. The average molecular weight is 308 g/mol. The number of nitrogens with two attached hydrogens (primary N) is 1. The molecule has 0 amide bonds. The first kappa shape index (κ1) is 17.2. The lowest BCUT2D eigenvalue weighted by atomic mass is 9.79. The number of halogens is 1. The summed E-state index contributed by atoms with van der Waals surface area (Å²) in [5, 5.41) is 0. The van der Waals surface area contributed by atoms with E-state index in [4.69, 9.17) is 10.5 Å². The highest BCUT2D eigenvalue weighted by molar-refractivity contribution is 5.37. The normalized spacial score (nSPS) is 18.6. The van der Waals surface area contributed by atoms with Gasteiger partial charge in [0.05, 0.1) is 6.61 Å². The topological polar surface area (TPSA) is 38.5 Å². The number of nitrogens with zero attached hydrogens (tertiary/aromatic N) is 1. The molecule has 0 aliphatic carbocycles. The summed E-state index contributed by atoms with van der Waals surface area (Å²) in [6, 6.07) is 5.39. The molecule has 2 rings (SSSR count). The maximum atomic E-state index is 13.7. The van der Waals surface area contributed by atoms with Crippen molar-refractivity contribution in [2.75, 3.05) is 26.2 Å². The van der Waals surface area contributed by atoms with Gasteiger partial charge in [-0.25, -0.2) is 4.39 Å². The zero-order chi connectivity index (χ0) is 16.1. The minimum absolute atomic E-state index is 0.173. The van der Waals surface area contributed by atoms with E-state index in [1.807, 2.05) is 6.92 Å². The fourth-order valence-corrected chi connectivity index (χ4v) is 3.51. The van der Waals surface area contributed by atoms with Gasteiger partial charge in [0.15, 0.2) is 0 Å². The van der Waals surface area contributed by atoms with Gasteiger partial charge in [-0.2, -0.15) is 0 Å². The molecule has 1 atom stereocenters. The third kappa shape index (κ3) is 3.99. The smallest absolute Gasteiger partial charge is 0.123 e. The van der Waals surface area contributed by atoms with E-state index in [1.165, 1.54) is 6.07 Å². The first-order valence-electron chi connectivity index (χ1n) is 8.43. The van der Waals surface area contributed by atoms with E-state index in [-0.39, 0.29) is 11.7 Å². The van der Waals surface area contributed by atoms with Crippen LogP contribution in [0.5, 0.6) is 5.75 Å². The molecule has 0 bridgehead atoms. The van der Waals surface area contributed by atoms with Crippen LogP contribution in [0.15, 0.2) is 18.2 Å². The van der Waals surface area contributed by atoms with E-state index in [9.17, 15) is 4.39 Å². The van der Waals surface area contributed by atoms with E-state index in [2.05, 4.69) is 18.7 Å². The summed E-state index contributed by atoms with van der Waals surface area (Å²) in [5.41, 5.74) is 6.99. The highest BCUT2D eigenvalue weighted by atomic mass is 19.1. The maximum absolute atomic E-state index is 13.7. The van der Waals surface area contributed by atoms with Crippen molar-refractivity contribution in [2.24, 2.45) is 11.7 Å². The van der Waals surface area contributed by atoms with Gasteiger partial charge in [-0.3, -0.25) is 0 Å². The van der Waals surface area contributed by atoms with Crippen molar-refractivity contribution in [2.45, 2.75) is 45.6 Å². The Morgan fingerprint density at radius 3 is 2.55 bits per heavy atom. The number of hydrogen-bond donors (Lipinski definition) is 1. The Hall–Kier alpha value is -1.13. The van der Waals surface area contributed by atoms with Crippen LogP contribution in [0.3, 0.4) is 0 Å². The molecule has 3 nitrogen and oxygen atoms in total. The molecule has 0 aromatic heterocycles. The molecule has 1 unspecified atom stereocenters. The van der Waals surface area contributed by atoms with Crippen molar-refractivity contribution in [3.05, 3.63) is 29.6 Å². The Balaban J connectivity index is 2.16. The molecule has 4 heteroatoms. The monoisotopic (exact) mass is 308 g/mol. The number of piperidine rings is 1. The van der Waals surface area contributed by atoms with E-state index < -0.39 is 0 Å². The predicted molar refractivity (Wildman–Crippen MR) is 88.8 cm³/mol. The minimum Gasteiger partial charge on any atom is -0.494 e. The number of hydrogen-bond acceptors (Lipinski definition) is 3. The zero-order valence-corrected chi connectivity index (χ0v) is 14.0. The molecular formula is C18H29FN2O. The number of benzene rings is 1. The summed E-state index contributed by atoms with van der Waals surface area (Å²) in [6.45, 7) is 9.74. The molecule has 1 aliphatic heterocycles.